The van der Waals surface area contributed by atoms with Gasteiger partial charge in [-0.15, -0.1) is 0 Å². The summed E-state index contributed by atoms with van der Waals surface area (Å²) in [5.41, 5.74) is 6.15. The van der Waals surface area contributed by atoms with Crippen molar-refractivity contribution in [1.82, 2.24) is 0 Å². The van der Waals surface area contributed by atoms with E-state index in [2.05, 4.69) is 15.9 Å². The Hall–Kier alpha value is -0.410. The van der Waals surface area contributed by atoms with E-state index < -0.39 is 11.7 Å². The largest absolute Gasteiger partial charge is 0.322 e. The maximum atomic E-state index is 14.2. The van der Waals surface area contributed by atoms with E-state index in [1.165, 1.54) is 0 Å². The van der Waals surface area contributed by atoms with Crippen LogP contribution < -0.4 is 5.73 Å². The lowest BCUT2D eigenvalue weighted by Crippen LogP contribution is -2.41. The summed E-state index contributed by atoms with van der Waals surface area (Å²) >= 11 is 3.34. The second-order valence-corrected chi connectivity index (χ2v) is 5.27. The van der Waals surface area contributed by atoms with Gasteiger partial charge in [0.15, 0.2) is 0 Å². The zero-order valence-electron chi connectivity index (χ0n) is 8.55. The van der Waals surface area contributed by atoms with E-state index in [0.717, 1.165) is 30.2 Å². The molecule has 1 fully saturated rings. The van der Waals surface area contributed by atoms with Crippen LogP contribution in [-0.2, 0) is 0 Å². The van der Waals surface area contributed by atoms with Crippen molar-refractivity contribution in [2.24, 2.45) is 5.73 Å². The van der Waals surface area contributed by atoms with Crippen LogP contribution in [0.3, 0.4) is 0 Å². The molecule has 0 saturated heterocycles. The van der Waals surface area contributed by atoms with Crippen molar-refractivity contribution >= 4 is 15.9 Å². The standard InChI is InChI=1S/C12H15BrFN/c13-10-5-3-9(4-6-10)11(14)12(15)7-1-2-8-12/h3-6,11H,1-2,7-8,15H2. The zero-order chi connectivity index (χ0) is 10.9. The van der Waals surface area contributed by atoms with Crippen LogP contribution in [0.1, 0.15) is 37.4 Å². The van der Waals surface area contributed by atoms with Gasteiger partial charge in [-0.1, -0.05) is 40.9 Å². The quantitative estimate of drug-likeness (QED) is 0.872. The monoisotopic (exact) mass is 271 g/mol. The second kappa shape index (κ2) is 4.22. The van der Waals surface area contributed by atoms with Crippen molar-refractivity contribution < 1.29 is 4.39 Å². The molecular weight excluding hydrogens is 257 g/mol. The highest BCUT2D eigenvalue weighted by atomic mass is 79.9. The van der Waals surface area contributed by atoms with Crippen LogP contribution in [0.25, 0.3) is 0 Å². The Balaban J connectivity index is 2.19. The topological polar surface area (TPSA) is 26.0 Å². The Morgan fingerprint density at radius 3 is 2.27 bits per heavy atom. The molecule has 0 spiro atoms. The lowest BCUT2D eigenvalue weighted by molar-refractivity contribution is 0.194. The zero-order valence-corrected chi connectivity index (χ0v) is 10.1. The van der Waals surface area contributed by atoms with Crippen molar-refractivity contribution in [3.8, 4) is 0 Å². The van der Waals surface area contributed by atoms with Crippen LogP contribution in [-0.4, -0.2) is 5.54 Å². The molecule has 1 saturated carbocycles. The minimum atomic E-state index is -1.03. The number of halogens is 2. The molecule has 0 heterocycles. The van der Waals surface area contributed by atoms with Gasteiger partial charge in [-0.25, -0.2) is 4.39 Å². The average Bonchev–Trinajstić information content (AvgIpc) is 2.67. The normalized spacial score (nSPS) is 21.5. The summed E-state index contributed by atoms with van der Waals surface area (Å²) in [6, 6.07) is 7.34. The highest BCUT2D eigenvalue weighted by Crippen LogP contribution is 2.40. The van der Waals surface area contributed by atoms with E-state index in [1.807, 2.05) is 24.3 Å². The van der Waals surface area contributed by atoms with Crippen LogP contribution in [0.4, 0.5) is 4.39 Å². The summed E-state index contributed by atoms with van der Waals surface area (Å²) in [6.07, 6.45) is 2.66. The molecule has 1 aliphatic rings. The summed E-state index contributed by atoms with van der Waals surface area (Å²) in [4.78, 5) is 0. The Bertz CT molecular complexity index is 330. The second-order valence-electron chi connectivity index (χ2n) is 4.35. The molecule has 2 rings (SSSR count). The molecule has 82 valence electrons. The maximum Gasteiger partial charge on any atom is 0.143 e. The summed E-state index contributed by atoms with van der Waals surface area (Å²) in [6.45, 7) is 0. The van der Waals surface area contributed by atoms with Gasteiger partial charge < -0.3 is 5.73 Å². The molecular formula is C12H15BrFN. The molecule has 1 nitrogen and oxygen atoms in total. The van der Waals surface area contributed by atoms with E-state index in [1.54, 1.807) is 0 Å². The highest BCUT2D eigenvalue weighted by molar-refractivity contribution is 9.10. The molecule has 1 aromatic rings. The van der Waals surface area contributed by atoms with Crippen LogP contribution in [0.2, 0.25) is 0 Å². The number of rotatable bonds is 2. The molecule has 0 aliphatic heterocycles. The van der Waals surface area contributed by atoms with Crippen molar-refractivity contribution in [3.05, 3.63) is 34.3 Å². The van der Waals surface area contributed by atoms with Crippen molar-refractivity contribution in [2.45, 2.75) is 37.4 Å². The molecule has 0 amide bonds. The van der Waals surface area contributed by atoms with Gasteiger partial charge in [-0.05, 0) is 30.5 Å². The lowest BCUT2D eigenvalue weighted by atomic mass is 9.88. The number of hydrogen-bond donors (Lipinski definition) is 1. The number of nitrogens with two attached hydrogens (primary N) is 1. The predicted molar refractivity (Wildman–Crippen MR) is 63.4 cm³/mol. The first-order chi connectivity index (χ1) is 7.12. The van der Waals surface area contributed by atoms with Gasteiger partial charge >= 0.3 is 0 Å². The fourth-order valence-electron chi connectivity index (χ4n) is 2.25. The van der Waals surface area contributed by atoms with Gasteiger partial charge in [0.1, 0.15) is 6.17 Å². The molecule has 1 aromatic carbocycles. The van der Waals surface area contributed by atoms with Gasteiger partial charge in [-0.2, -0.15) is 0 Å². The predicted octanol–water partition coefficient (Wildman–Crippen LogP) is 3.73. The van der Waals surface area contributed by atoms with Crippen molar-refractivity contribution in [2.75, 3.05) is 0 Å². The summed E-state index contributed by atoms with van der Waals surface area (Å²) in [5, 5.41) is 0. The van der Waals surface area contributed by atoms with Gasteiger partial charge in [0.05, 0.1) is 5.54 Å². The minimum Gasteiger partial charge on any atom is -0.322 e. The fourth-order valence-corrected chi connectivity index (χ4v) is 2.51. The molecule has 2 N–H and O–H groups in total. The van der Waals surface area contributed by atoms with Crippen LogP contribution in [0, 0.1) is 0 Å². The Kier molecular flexibility index (Phi) is 3.12. The molecule has 0 bridgehead atoms. The Morgan fingerprint density at radius 2 is 1.73 bits per heavy atom. The van der Waals surface area contributed by atoms with Gasteiger partial charge in [0.25, 0.3) is 0 Å². The van der Waals surface area contributed by atoms with E-state index in [-0.39, 0.29) is 0 Å². The third-order valence-electron chi connectivity index (χ3n) is 3.20. The summed E-state index contributed by atoms with van der Waals surface area (Å²) in [5.74, 6) is 0. The Morgan fingerprint density at radius 1 is 1.20 bits per heavy atom. The van der Waals surface area contributed by atoms with Crippen molar-refractivity contribution in [3.63, 3.8) is 0 Å². The van der Waals surface area contributed by atoms with Crippen LogP contribution in [0.15, 0.2) is 28.7 Å². The lowest BCUT2D eigenvalue weighted by Gasteiger charge is -2.28. The molecule has 1 atom stereocenters. The highest BCUT2D eigenvalue weighted by Gasteiger charge is 2.38. The number of benzene rings is 1. The SMILES string of the molecule is NC1(C(F)c2ccc(Br)cc2)CCCC1. The smallest absolute Gasteiger partial charge is 0.143 e. The van der Waals surface area contributed by atoms with E-state index in [9.17, 15) is 4.39 Å². The third-order valence-corrected chi connectivity index (χ3v) is 3.73. The molecule has 0 radical (unpaired) electrons. The fraction of sp³-hybridized carbons (Fsp3) is 0.500. The van der Waals surface area contributed by atoms with Gasteiger partial charge in [0.2, 0.25) is 0 Å². The molecule has 1 aliphatic carbocycles. The average molecular weight is 272 g/mol. The van der Waals surface area contributed by atoms with Crippen molar-refractivity contribution in [1.29, 1.82) is 0 Å². The Labute approximate surface area is 98.0 Å². The molecule has 3 heteroatoms. The first-order valence-electron chi connectivity index (χ1n) is 5.30. The maximum absolute atomic E-state index is 14.2. The minimum absolute atomic E-state index is 0.631. The number of hydrogen-bond acceptors (Lipinski definition) is 1. The molecule has 1 unspecified atom stereocenters. The third kappa shape index (κ3) is 2.23. The summed E-state index contributed by atoms with van der Waals surface area (Å²) < 4.78 is 15.2. The molecule has 15 heavy (non-hydrogen) atoms. The van der Waals surface area contributed by atoms with Crippen LogP contribution in [0.5, 0.6) is 0 Å². The van der Waals surface area contributed by atoms with Gasteiger partial charge in [0, 0.05) is 4.47 Å². The van der Waals surface area contributed by atoms with E-state index in [0.29, 0.717) is 5.56 Å². The first-order valence-corrected chi connectivity index (χ1v) is 6.09. The van der Waals surface area contributed by atoms with Gasteiger partial charge in [-0.3, -0.25) is 0 Å². The van der Waals surface area contributed by atoms with E-state index in [4.69, 9.17) is 5.73 Å². The first kappa shape index (κ1) is 11.1. The number of alkyl halides is 1. The van der Waals surface area contributed by atoms with Crippen LogP contribution >= 0.6 is 15.9 Å². The summed E-state index contributed by atoms with van der Waals surface area (Å²) in [7, 11) is 0. The molecule has 0 aromatic heterocycles. The van der Waals surface area contributed by atoms with E-state index >= 15 is 0 Å².